The summed E-state index contributed by atoms with van der Waals surface area (Å²) in [7, 11) is 0. The zero-order chi connectivity index (χ0) is 48.0. The molecule has 2 saturated heterocycles. The van der Waals surface area contributed by atoms with E-state index in [1.54, 1.807) is 30.4 Å². The Morgan fingerprint density at radius 3 is 2.51 bits per heavy atom. The fourth-order valence-electron chi connectivity index (χ4n) is 8.49. The van der Waals surface area contributed by atoms with E-state index in [0.29, 0.717) is 70.7 Å². The first-order valence-electron chi connectivity index (χ1n) is 22.7. The number of anilines is 4. The van der Waals surface area contributed by atoms with Crippen LogP contribution in [0.2, 0.25) is 5.02 Å². The molecule has 67 heavy (non-hydrogen) atoms. The first-order valence-corrected chi connectivity index (χ1v) is 24.7. The van der Waals surface area contributed by atoms with Gasteiger partial charge in [0.2, 0.25) is 11.8 Å². The lowest BCUT2D eigenvalue weighted by Crippen LogP contribution is -2.58. The summed E-state index contributed by atoms with van der Waals surface area (Å²) in [5.41, 5.74) is 5.62. The number of rotatable bonds is 17. The maximum absolute atomic E-state index is 14.5. The zero-order valence-electron chi connectivity index (χ0n) is 39.0. The molecule has 2 aliphatic rings. The van der Waals surface area contributed by atoms with Crippen molar-refractivity contribution in [3.63, 3.8) is 0 Å². The Morgan fingerprint density at radius 1 is 1.03 bits per heavy atom. The fourth-order valence-corrected chi connectivity index (χ4v) is 10.3. The molecule has 0 bridgehead atoms. The number of β-amino-alcohol motifs (C(OH)–C–C–N with tert-alkyl or cyclic N) is 1. The molecule has 0 aliphatic carbocycles. The highest BCUT2D eigenvalue weighted by Crippen LogP contribution is 2.31. The van der Waals surface area contributed by atoms with Gasteiger partial charge in [-0.3, -0.25) is 19.2 Å². The molecule has 2 fully saturated rings. The van der Waals surface area contributed by atoms with Gasteiger partial charge in [0, 0.05) is 57.7 Å². The summed E-state index contributed by atoms with van der Waals surface area (Å²) in [6.07, 6.45) is 2.21. The van der Waals surface area contributed by atoms with Gasteiger partial charge in [-0.2, -0.15) is 0 Å². The van der Waals surface area contributed by atoms with E-state index in [1.165, 1.54) is 22.4 Å². The molecule has 0 saturated carbocycles. The van der Waals surface area contributed by atoms with Crippen LogP contribution in [-0.2, 0) is 20.9 Å². The van der Waals surface area contributed by atoms with Crippen LogP contribution in [0.15, 0.2) is 60.2 Å². The molecule has 3 amide bonds. The van der Waals surface area contributed by atoms with E-state index < -0.39 is 29.6 Å². The number of benzene rings is 2. The van der Waals surface area contributed by atoms with Gasteiger partial charge in [0.15, 0.2) is 10.9 Å². The monoisotopic (exact) mass is 969 g/mol. The van der Waals surface area contributed by atoms with Crippen LogP contribution in [0, 0.1) is 26.2 Å². The molecule has 7 rings (SSSR count). The van der Waals surface area contributed by atoms with Crippen molar-refractivity contribution in [2.24, 2.45) is 5.41 Å². The first kappa shape index (κ1) is 49.5. The van der Waals surface area contributed by atoms with Crippen molar-refractivity contribution >= 4 is 80.2 Å². The average Bonchev–Trinajstić information content (AvgIpc) is 4.06. The molecule has 16 nitrogen and oxygen atoms in total. The molecule has 5 heterocycles. The summed E-state index contributed by atoms with van der Waals surface area (Å²) in [5.74, 6) is 0.700. The number of aryl methyl sites for hydroxylation is 3. The minimum atomic E-state index is -0.831. The summed E-state index contributed by atoms with van der Waals surface area (Å²) in [6, 6.07) is 13.0. The van der Waals surface area contributed by atoms with Gasteiger partial charge in [-0.15, -0.1) is 11.3 Å². The highest BCUT2D eigenvalue weighted by atomic mass is 35.5. The van der Waals surface area contributed by atoms with Crippen molar-refractivity contribution in [3.8, 4) is 10.4 Å². The summed E-state index contributed by atoms with van der Waals surface area (Å²) < 4.78 is 0. The summed E-state index contributed by atoms with van der Waals surface area (Å²) in [6.45, 7) is 15.6. The standard InChI is InChI=1S/C48H60ClN11O5S2/c1-8-32(56-43(48(5,6)7)46(65)60-25-33(61)20-35(60)44(63)51-22-30-12-14-31(15-13-30)42-28(3)53-26-66-42)16-17-37(62)36-23-50-18-19-59(36)40-21-39(54-29(4)55-40)57-47-52-24-38(67-47)45(64)58-41-27(2)10-9-11-34(41)49/h9-15,21,24,26,32-33,35-36,43,50,56,61H,8,16-20,22-23,25H2,1-7H3,(H,51,63)(H,58,64)(H,52,54,55,57)/t32?,33-,35+,36?,43?/m1/s1. The highest BCUT2D eigenvalue weighted by Gasteiger charge is 2.44. The number of hydrogen-bond acceptors (Lipinski definition) is 15. The van der Waals surface area contributed by atoms with Gasteiger partial charge < -0.3 is 41.5 Å². The predicted octanol–water partition coefficient (Wildman–Crippen LogP) is 6.82. The molecule has 19 heteroatoms. The summed E-state index contributed by atoms with van der Waals surface area (Å²) in [4.78, 5) is 78.5. The molecular formula is C48H60ClN11O5S2. The van der Waals surface area contributed by atoms with Crippen LogP contribution < -0.4 is 31.5 Å². The molecule has 0 radical (unpaired) electrons. The number of Topliss-reactive ketones (excluding diaryl/α,β-unsaturated/α-hetero) is 1. The minimum absolute atomic E-state index is 0.0360. The number of nitrogens with zero attached hydrogens (tertiary/aromatic N) is 6. The number of halogens is 1. The minimum Gasteiger partial charge on any atom is -0.391 e. The van der Waals surface area contributed by atoms with Crippen molar-refractivity contribution < 1.29 is 24.3 Å². The lowest BCUT2D eigenvalue weighted by molar-refractivity contribution is -0.142. The molecule has 3 unspecified atom stereocenters. The average molecular weight is 971 g/mol. The van der Waals surface area contributed by atoms with E-state index in [4.69, 9.17) is 16.6 Å². The van der Waals surface area contributed by atoms with Crippen LogP contribution in [0.1, 0.15) is 85.7 Å². The second-order valence-corrected chi connectivity index (χ2v) is 20.6. The summed E-state index contributed by atoms with van der Waals surface area (Å²) in [5, 5.41) is 27.7. The molecule has 356 valence electrons. The van der Waals surface area contributed by atoms with Crippen molar-refractivity contribution in [1.82, 2.24) is 40.8 Å². The number of nitrogens with one attached hydrogen (secondary N) is 5. The Labute approximate surface area is 404 Å². The number of para-hydroxylation sites is 1. The number of carbonyl (C=O) groups is 4. The van der Waals surface area contributed by atoms with E-state index in [9.17, 15) is 24.3 Å². The number of aliphatic hydroxyl groups is 1. The molecule has 2 aromatic carbocycles. The molecule has 5 atom stereocenters. The SMILES string of the molecule is CCC(CCC(=O)C1CNCCN1c1cc(Nc2ncc(C(=O)Nc3c(C)cccc3Cl)s2)nc(C)n1)NC(C(=O)N1C[C@H](O)C[C@H]1C(=O)NCc1ccc(-c2scnc2C)cc1)C(C)(C)C. The highest BCUT2D eigenvalue weighted by molar-refractivity contribution is 7.17. The van der Waals surface area contributed by atoms with Gasteiger partial charge in [0.05, 0.1) is 45.1 Å². The maximum atomic E-state index is 14.5. The van der Waals surface area contributed by atoms with Gasteiger partial charge in [0.25, 0.3) is 5.91 Å². The number of aromatic nitrogens is 4. The normalized spacial score (nSPS) is 18.4. The van der Waals surface area contributed by atoms with Crippen LogP contribution in [0.5, 0.6) is 0 Å². The number of thiazole rings is 2. The van der Waals surface area contributed by atoms with E-state index in [2.05, 4.69) is 41.5 Å². The van der Waals surface area contributed by atoms with Gasteiger partial charge in [-0.05, 0) is 61.8 Å². The third-order valence-corrected chi connectivity index (χ3v) is 14.4. The topological polar surface area (TPSA) is 207 Å². The van der Waals surface area contributed by atoms with E-state index >= 15 is 0 Å². The lowest BCUT2D eigenvalue weighted by atomic mass is 9.84. The number of ketones is 1. The maximum Gasteiger partial charge on any atom is 0.267 e. The molecule has 0 spiro atoms. The smallest absolute Gasteiger partial charge is 0.267 e. The van der Waals surface area contributed by atoms with Crippen LogP contribution in [0.4, 0.5) is 22.5 Å². The Hall–Kier alpha value is -5.37. The third-order valence-electron chi connectivity index (χ3n) is 12.2. The van der Waals surface area contributed by atoms with Crippen LogP contribution in [0.3, 0.4) is 0 Å². The number of hydrogen-bond donors (Lipinski definition) is 6. The van der Waals surface area contributed by atoms with Crippen molar-refractivity contribution in [3.05, 3.63) is 92.8 Å². The Balaban J connectivity index is 0.964. The predicted molar refractivity (Wildman–Crippen MR) is 265 cm³/mol. The van der Waals surface area contributed by atoms with Gasteiger partial charge in [0.1, 0.15) is 34.4 Å². The number of aliphatic hydroxyl groups excluding tert-OH is 1. The molecule has 6 N–H and O–H groups in total. The number of piperazine rings is 1. The van der Waals surface area contributed by atoms with E-state index in [0.717, 1.165) is 27.3 Å². The zero-order valence-corrected chi connectivity index (χ0v) is 41.4. The summed E-state index contributed by atoms with van der Waals surface area (Å²) >= 11 is 9.09. The second-order valence-electron chi connectivity index (χ2n) is 18.3. The number of carbonyl (C=O) groups excluding carboxylic acids is 4. The first-order chi connectivity index (χ1) is 32.0. The van der Waals surface area contributed by atoms with E-state index in [-0.39, 0.29) is 55.5 Å². The van der Waals surface area contributed by atoms with Crippen LogP contribution in [-0.4, -0.2) is 110 Å². The largest absolute Gasteiger partial charge is 0.391 e. The lowest BCUT2D eigenvalue weighted by Gasteiger charge is -2.38. The van der Waals surface area contributed by atoms with Gasteiger partial charge in [-0.25, -0.2) is 19.9 Å². The Morgan fingerprint density at radius 2 is 1.81 bits per heavy atom. The van der Waals surface area contributed by atoms with E-state index in [1.807, 2.05) is 88.4 Å². The third kappa shape index (κ3) is 12.2. The van der Waals surface area contributed by atoms with Crippen LogP contribution >= 0.6 is 34.3 Å². The van der Waals surface area contributed by atoms with Gasteiger partial charge in [-0.1, -0.05) is 87.0 Å². The Bertz CT molecular complexity index is 2540. The van der Waals surface area contributed by atoms with Crippen molar-refractivity contribution in [1.29, 1.82) is 0 Å². The molecule has 3 aromatic heterocycles. The quantitative estimate of drug-likeness (QED) is 0.0567. The fraction of sp³-hybridized carbons (Fsp3) is 0.458. The molecule has 5 aromatic rings. The number of amides is 3. The van der Waals surface area contributed by atoms with Gasteiger partial charge >= 0.3 is 0 Å². The molecule has 2 aliphatic heterocycles. The van der Waals surface area contributed by atoms with Crippen molar-refractivity contribution in [2.45, 2.75) is 111 Å². The second kappa shape index (κ2) is 21.7. The van der Waals surface area contributed by atoms with Crippen molar-refractivity contribution in [2.75, 3.05) is 41.7 Å². The Kier molecular flexibility index (Phi) is 16.1. The molecular weight excluding hydrogens is 910 g/mol. The number of likely N-dealkylation sites (tertiary alicyclic amines) is 1. The van der Waals surface area contributed by atoms with Crippen LogP contribution in [0.25, 0.3) is 10.4 Å².